The Kier molecular flexibility index (Phi) is 5.61. The zero-order valence-electron chi connectivity index (χ0n) is 16.6. The number of H-pyrrole nitrogens is 1. The van der Waals surface area contributed by atoms with Gasteiger partial charge in [-0.25, -0.2) is 4.98 Å². The molecular formula is C25H24N2O2. The first-order valence-electron chi connectivity index (χ1n) is 9.62. The third-order valence-corrected chi connectivity index (χ3v) is 5.13. The topological polar surface area (TPSA) is 47.1 Å². The second-order valence-corrected chi connectivity index (χ2v) is 6.90. The van der Waals surface area contributed by atoms with E-state index >= 15 is 0 Å². The van der Waals surface area contributed by atoms with Gasteiger partial charge in [-0.3, -0.25) is 0 Å². The highest BCUT2D eigenvalue weighted by molar-refractivity contribution is 5.48. The number of nitrogens with one attached hydrogen (secondary N) is 1. The summed E-state index contributed by atoms with van der Waals surface area (Å²) in [5.41, 5.74) is 4.77. The van der Waals surface area contributed by atoms with Crippen LogP contribution in [-0.2, 0) is 6.42 Å². The number of aromatic amines is 1. The zero-order chi connectivity index (χ0) is 20.1. The molecule has 1 atom stereocenters. The Morgan fingerprint density at radius 3 is 2.21 bits per heavy atom. The van der Waals surface area contributed by atoms with E-state index in [0.717, 1.165) is 22.9 Å². The smallest absolute Gasteiger partial charge is 0.122 e. The summed E-state index contributed by atoms with van der Waals surface area (Å²) in [4.78, 5) is 7.55. The van der Waals surface area contributed by atoms with Gasteiger partial charge < -0.3 is 14.5 Å². The zero-order valence-corrected chi connectivity index (χ0v) is 16.6. The number of rotatable bonds is 7. The number of aromatic nitrogens is 2. The van der Waals surface area contributed by atoms with Crippen LogP contribution >= 0.6 is 0 Å². The van der Waals surface area contributed by atoms with Gasteiger partial charge in [0.15, 0.2) is 0 Å². The predicted molar refractivity (Wildman–Crippen MR) is 115 cm³/mol. The van der Waals surface area contributed by atoms with Crippen molar-refractivity contribution in [2.45, 2.75) is 12.3 Å². The summed E-state index contributed by atoms with van der Waals surface area (Å²) in [6, 6.07) is 25.3. The van der Waals surface area contributed by atoms with Crippen LogP contribution in [0.2, 0.25) is 0 Å². The number of benzene rings is 3. The van der Waals surface area contributed by atoms with E-state index in [-0.39, 0.29) is 5.92 Å². The van der Waals surface area contributed by atoms with Crippen LogP contribution in [0.1, 0.15) is 34.0 Å². The molecule has 0 spiro atoms. The van der Waals surface area contributed by atoms with Gasteiger partial charge in [0.2, 0.25) is 0 Å². The van der Waals surface area contributed by atoms with Gasteiger partial charge in [-0.2, -0.15) is 0 Å². The third kappa shape index (κ3) is 4.16. The number of imidazole rings is 1. The molecule has 0 aliphatic rings. The monoisotopic (exact) mass is 384 g/mol. The van der Waals surface area contributed by atoms with Crippen molar-refractivity contribution in [3.63, 3.8) is 0 Å². The molecule has 1 aromatic heterocycles. The Labute approximate surface area is 171 Å². The van der Waals surface area contributed by atoms with Gasteiger partial charge in [0, 0.05) is 30.3 Å². The van der Waals surface area contributed by atoms with Crippen molar-refractivity contribution >= 4 is 0 Å². The van der Waals surface area contributed by atoms with Crippen molar-refractivity contribution in [2.24, 2.45) is 0 Å². The molecule has 4 rings (SSSR count). The summed E-state index contributed by atoms with van der Waals surface area (Å²) in [6.07, 6.45) is 4.31. The molecule has 0 saturated heterocycles. The largest absolute Gasteiger partial charge is 0.497 e. The highest BCUT2D eigenvalue weighted by atomic mass is 16.5. The number of ether oxygens (including phenoxy) is 2. The van der Waals surface area contributed by atoms with E-state index in [1.807, 2.05) is 30.5 Å². The van der Waals surface area contributed by atoms with Gasteiger partial charge in [0.25, 0.3) is 0 Å². The molecule has 0 amide bonds. The molecule has 1 N–H and O–H groups in total. The minimum absolute atomic E-state index is 0.114. The lowest BCUT2D eigenvalue weighted by atomic mass is 9.84. The lowest BCUT2D eigenvalue weighted by Gasteiger charge is -2.21. The van der Waals surface area contributed by atoms with Crippen LogP contribution in [0.5, 0.6) is 11.5 Å². The Hall–Kier alpha value is -3.53. The first kappa shape index (κ1) is 18.8. The van der Waals surface area contributed by atoms with Crippen LogP contribution in [0.4, 0.5) is 0 Å². The summed E-state index contributed by atoms with van der Waals surface area (Å²) in [6.45, 7) is 0. The van der Waals surface area contributed by atoms with E-state index in [1.54, 1.807) is 20.4 Å². The van der Waals surface area contributed by atoms with Gasteiger partial charge in [0.1, 0.15) is 17.3 Å². The van der Waals surface area contributed by atoms with Crippen molar-refractivity contribution in [3.8, 4) is 11.5 Å². The number of hydrogen-bond acceptors (Lipinski definition) is 3. The average Bonchev–Trinajstić information content (AvgIpc) is 3.28. The fraction of sp³-hybridized carbons (Fsp3) is 0.160. The Morgan fingerprint density at radius 1 is 0.828 bits per heavy atom. The van der Waals surface area contributed by atoms with Crippen LogP contribution in [-0.4, -0.2) is 24.2 Å². The summed E-state index contributed by atoms with van der Waals surface area (Å²) < 4.78 is 11.0. The summed E-state index contributed by atoms with van der Waals surface area (Å²) in [5.74, 6) is 2.75. The molecule has 0 aliphatic carbocycles. The van der Waals surface area contributed by atoms with Gasteiger partial charge in [-0.1, -0.05) is 54.6 Å². The van der Waals surface area contributed by atoms with Crippen molar-refractivity contribution < 1.29 is 9.47 Å². The lowest BCUT2D eigenvalue weighted by Crippen LogP contribution is -2.05. The normalized spacial score (nSPS) is 11.8. The number of methoxy groups -OCH3 is 2. The molecule has 29 heavy (non-hydrogen) atoms. The Bertz CT molecular complexity index is 1040. The Balaban J connectivity index is 1.79. The first-order chi connectivity index (χ1) is 14.3. The van der Waals surface area contributed by atoms with Crippen molar-refractivity contribution in [3.05, 3.63) is 113 Å². The second kappa shape index (κ2) is 8.65. The molecule has 1 heterocycles. The molecule has 3 aromatic carbocycles. The van der Waals surface area contributed by atoms with Crippen molar-refractivity contribution in [1.82, 2.24) is 9.97 Å². The van der Waals surface area contributed by atoms with E-state index in [9.17, 15) is 0 Å². The minimum atomic E-state index is 0.114. The molecule has 146 valence electrons. The van der Waals surface area contributed by atoms with Gasteiger partial charge >= 0.3 is 0 Å². The molecule has 0 aliphatic heterocycles. The van der Waals surface area contributed by atoms with Crippen LogP contribution in [0.15, 0.2) is 85.2 Å². The highest BCUT2D eigenvalue weighted by Crippen LogP contribution is 2.35. The van der Waals surface area contributed by atoms with Crippen molar-refractivity contribution in [1.29, 1.82) is 0 Å². The van der Waals surface area contributed by atoms with E-state index in [1.165, 1.54) is 16.7 Å². The molecule has 4 nitrogen and oxygen atoms in total. The average molecular weight is 384 g/mol. The molecule has 0 radical (unpaired) electrons. The molecule has 0 bridgehead atoms. The first-order valence-corrected chi connectivity index (χ1v) is 9.62. The summed E-state index contributed by atoms with van der Waals surface area (Å²) >= 11 is 0. The summed E-state index contributed by atoms with van der Waals surface area (Å²) in [7, 11) is 3.40. The van der Waals surface area contributed by atoms with Crippen LogP contribution in [0.3, 0.4) is 0 Å². The molecule has 4 heteroatoms. The standard InChI is InChI=1S/C25H24N2O2/c1-28-22-11-8-19(9-12-22)25(18-6-4-3-5-7-18)20-10-13-23(29-2)21(16-20)17-24-26-14-15-27-24/h3-16,25H,17H2,1-2H3,(H,26,27). The molecule has 0 fully saturated rings. The van der Waals surface area contributed by atoms with E-state index in [0.29, 0.717) is 6.42 Å². The predicted octanol–water partition coefficient (Wildman–Crippen LogP) is 5.20. The van der Waals surface area contributed by atoms with Gasteiger partial charge in [-0.15, -0.1) is 0 Å². The minimum Gasteiger partial charge on any atom is -0.497 e. The van der Waals surface area contributed by atoms with Gasteiger partial charge in [-0.05, 0) is 34.9 Å². The number of nitrogens with zero attached hydrogens (tertiary/aromatic N) is 1. The van der Waals surface area contributed by atoms with Crippen LogP contribution in [0, 0.1) is 0 Å². The molecule has 4 aromatic rings. The third-order valence-electron chi connectivity index (χ3n) is 5.13. The van der Waals surface area contributed by atoms with E-state index in [2.05, 4.69) is 58.5 Å². The maximum absolute atomic E-state index is 5.61. The number of hydrogen-bond donors (Lipinski definition) is 1. The quantitative estimate of drug-likeness (QED) is 0.446. The fourth-order valence-electron chi connectivity index (χ4n) is 3.71. The second-order valence-electron chi connectivity index (χ2n) is 6.90. The maximum atomic E-state index is 5.61. The maximum Gasteiger partial charge on any atom is 0.122 e. The van der Waals surface area contributed by atoms with Crippen molar-refractivity contribution in [2.75, 3.05) is 14.2 Å². The Morgan fingerprint density at radius 2 is 1.55 bits per heavy atom. The van der Waals surface area contributed by atoms with Crippen LogP contribution < -0.4 is 9.47 Å². The molecule has 1 unspecified atom stereocenters. The molecule has 0 saturated carbocycles. The van der Waals surface area contributed by atoms with E-state index < -0.39 is 0 Å². The van der Waals surface area contributed by atoms with Gasteiger partial charge in [0.05, 0.1) is 14.2 Å². The SMILES string of the molecule is COc1ccc(C(c2ccccc2)c2ccc(OC)c(Cc3ncc[nH]3)c2)cc1. The fourth-order valence-corrected chi connectivity index (χ4v) is 3.71. The van der Waals surface area contributed by atoms with Crippen LogP contribution in [0.25, 0.3) is 0 Å². The highest BCUT2D eigenvalue weighted by Gasteiger charge is 2.19. The molecular weight excluding hydrogens is 360 g/mol. The van der Waals surface area contributed by atoms with E-state index in [4.69, 9.17) is 9.47 Å². The lowest BCUT2D eigenvalue weighted by molar-refractivity contribution is 0.410. The summed E-state index contributed by atoms with van der Waals surface area (Å²) in [5, 5.41) is 0.